The van der Waals surface area contributed by atoms with Crippen LogP contribution in [0.3, 0.4) is 0 Å². The van der Waals surface area contributed by atoms with E-state index in [9.17, 15) is 4.79 Å². The zero-order valence-corrected chi connectivity index (χ0v) is 14.7. The molecule has 1 amide bonds. The molecule has 5 nitrogen and oxygen atoms in total. The summed E-state index contributed by atoms with van der Waals surface area (Å²) >= 11 is 3.43. The quantitative estimate of drug-likeness (QED) is 0.856. The van der Waals surface area contributed by atoms with Crippen LogP contribution in [0.4, 0.5) is 0 Å². The van der Waals surface area contributed by atoms with Gasteiger partial charge in [0.15, 0.2) is 0 Å². The lowest BCUT2D eigenvalue weighted by molar-refractivity contribution is 0.0796. The van der Waals surface area contributed by atoms with Crippen LogP contribution in [0.15, 0.2) is 34.9 Å². The van der Waals surface area contributed by atoms with Crippen LogP contribution in [0.5, 0.6) is 0 Å². The maximum absolute atomic E-state index is 12.6. The summed E-state index contributed by atoms with van der Waals surface area (Å²) in [6.07, 6.45) is 2.41. The molecule has 1 heterocycles. The van der Waals surface area contributed by atoms with Gasteiger partial charge in [0.2, 0.25) is 0 Å². The molecule has 22 heavy (non-hydrogen) atoms. The molecule has 1 aromatic carbocycles. The molecule has 0 atom stereocenters. The summed E-state index contributed by atoms with van der Waals surface area (Å²) in [5, 5.41) is 7.46. The van der Waals surface area contributed by atoms with Crippen LogP contribution in [0.1, 0.15) is 23.0 Å². The minimum atomic E-state index is 0.00969. The van der Waals surface area contributed by atoms with Crippen molar-refractivity contribution < 1.29 is 4.79 Å². The molecule has 0 fully saturated rings. The Bertz CT molecular complexity index is 636. The lowest BCUT2D eigenvalue weighted by Crippen LogP contribution is -2.33. The van der Waals surface area contributed by atoms with Gasteiger partial charge < -0.3 is 10.2 Å². The Labute approximate surface area is 139 Å². The van der Waals surface area contributed by atoms with Gasteiger partial charge in [-0.25, -0.2) is 4.68 Å². The smallest absolute Gasteiger partial charge is 0.257 e. The molecule has 0 aliphatic carbocycles. The lowest BCUT2D eigenvalue weighted by atomic mass is 10.1. The number of amides is 1. The van der Waals surface area contributed by atoms with Gasteiger partial charge in [-0.3, -0.25) is 4.79 Å². The maximum atomic E-state index is 12.6. The highest BCUT2D eigenvalue weighted by Gasteiger charge is 2.19. The van der Waals surface area contributed by atoms with E-state index in [4.69, 9.17) is 0 Å². The molecule has 0 saturated heterocycles. The molecule has 1 N–H and O–H groups in total. The topological polar surface area (TPSA) is 50.2 Å². The first kappa shape index (κ1) is 16.7. The molecular formula is C16H21BrN4O. The van der Waals surface area contributed by atoms with Crippen molar-refractivity contribution in [2.24, 2.45) is 0 Å². The van der Waals surface area contributed by atoms with E-state index in [-0.39, 0.29) is 5.91 Å². The van der Waals surface area contributed by atoms with Gasteiger partial charge in [-0.1, -0.05) is 22.9 Å². The van der Waals surface area contributed by atoms with Crippen molar-refractivity contribution in [3.05, 3.63) is 46.2 Å². The number of likely N-dealkylation sites (N-methyl/N-ethyl adjacent to an activating group) is 2. The number of benzene rings is 1. The largest absolute Gasteiger partial charge is 0.340 e. The highest BCUT2D eigenvalue weighted by molar-refractivity contribution is 9.10. The van der Waals surface area contributed by atoms with E-state index < -0.39 is 0 Å². The number of nitrogens with zero attached hydrogens (tertiary/aromatic N) is 3. The van der Waals surface area contributed by atoms with Crippen molar-refractivity contribution in [2.45, 2.75) is 13.3 Å². The second-order valence-electron chi connectivity index (χ2n) is 5.08. The number of carbonyl (C=O) groups excluding carboxylic acids is 1. The monoisotopic (exact) mass is 364 g/mol. The van der Waals surface area contributed by atoms with E-state index in [1.54, 1.807) is 11.1 Å². The summed E-state index contributed by atoms with van der Waals surface area (Å²) in [6, 6.07) is 7.90. The third-order valence-corrected chi connectivity index (χ3v) is 4.08. The van der Waals surface area contributed by atoms with Crippen LogP contribution in [-0.2, 0) is 6.42 Å². The van der Waals surface area contributed by atoms with E-state index in [2.05, 4.69) is 26.3 Å². The minimum Gasteiger partial charge on any atom is -0.340 e. The Balaban J connectivity index is 2.31. The molecule has 0 bridgehead atoms. The number of aromatic nitrogens is 2. The molecule has 2 rings (SSSR count). The van der Waals surface area contributed by atoms with Crippen molar-refractivity contribution in [3.8, 4) is 5.69 Å². The molecule has 6 heteroatoms. The Kier molecular flexibility index (Phi) is 5.74. The number of nitrogens with one attached hydrogen (secondary N) is 1. The summed E-state index contributed by atoms with van der Waals surface area (Å²) in [6.45, 7) is 3.48. The summed E-state index contributed by atoms with van der Waals surface area (Å²) < 4.78 is 2.86. The molecule has 0 aliphatic heterocycles. The van der Waals surface area contributed by atoms with Crippen molar-refractivity contribution >= 4 is 21.8 Å². The van der Waals surface area contributed by atoms with Crippen LogP contribution in [0.25, 0.3) is 5.69 Å². The summed E-state index contributed by atoms with van der Waals surface area (Å²) in [7, 11) is 3.69. The number of hydrogen-bond donors (Lipinski definition) is 1. The molecule has 118 valence electrons. The standard InChI is InChI=1S/C16H21BrN4O/c1-4-15-14(16(22)20(3)10-9-18-2)11-19-21(15)13-7-5-12(17)6-8-13/h5-8,11,18H,4,9-10H2,1-3H3. The molecular weight excluding hydrogens is 344 g/mol. The first-order valence-corrected chi connectivity index (χ1v) is 8.10. The highest BCUT2D eigenvalue weighted by atomic mass is 79.9. The minimum absolute atomic E-state index is 0.00969. The van der Waals surface area contributed by atoms with Crippen molar-refractivity contribution in [2.75, 3.05) is 27.2 Å². The number of rotatable bonds is 6. The fourth-order valence-corrected chi connectivity index (χ4v) is 2.55. The van der Waals surface area contributed by atoms with Crippen LogP contribution in [-0.4, -0.2) is 47.8 Å². The number of halogens is 1. The maximum Gasteiger partial charge on any atom is 0.257 e. The molecule has 0 radical (unpaired) electrons. The second kappa shape index (κ2) is 7.56. The zero-order chi connectivity index (χ0) is 16.1. The lowest BCUT2D eigenvalue weighted by Gasteiger charge is -2.17. The van der Waals surface area contributed by atoms with Crippen LogP contribution in [0, 0.1) is 0 Å². The molecule has 1 aromatic heterocycles. The van der Waals surface area contributed by atoms with Crippen LogP contribution in [0.2, 0.25) is 0 Å². The van der Waals surface area contributed by atoms with E-state index in [1.165, 1.54) is 0 Å². The average Bonchev–Trinajstić information content (AvgIpc) is 2.96. The van der Waals surface area contributed by atoms with Crippen molar-refractivity contribution in [1.29, 1.82) is 0 Å². The fraction of sp³-hybridized carbons (Fsp3) is 0.375. The normalized spacial score (nSPS) is 10.7. The van der Waals surface area contributed by atoms with Gasteiger partial charge in [0.1, 0.15) is 0 Å². The molecule has 0 aliphatic rings. The first-order valence-electron chi connectivity index (χ1n) is 7.31. The van der Waals surface area contributed by atoms with Gasteiger partial charge in [0, 0.05) is 24.6 Å². The predicted octanol–water partition coefficient (Wildman–Crippen LogP) is 2.49. The second-order valence-corrected chi connectivity index (χ2v) is 5.99. The average molecular weight is 365 g/mol. The van der Waals surface area contributed by atoms with Gasteiger partial charge in [0.25, 0.3) is 5.91 Å². The van der Waals surface area contributed by atoms with Gasteiger partial charge in [0.05, 0.1) is 23.1 Å². The van der Waals surface area contributed by atoms with Crippen LogP contribution >= 0.6 is 15.9 Å². The van der Waals surface area contributed by atoms with Crippen LogP contribution < -0.4 is 5.32 Å². The first-order chi connectivity index (χ1) is 10.6. The third-order valence-electron chi connectivity index (χ3n) is 3.55. The molecule has 2 aromatic rings. The Hall–Kier alpha value is -1.66. The van der Waals surface area contributed by atoms with Gasteiger partial charge in [-0.15, -0.1) is 0 Å². The van der Waals surface area contributed by atoms with Gasteiger partial charge >= 0.3 is 0 Å². The highest BCUT2D eigenvalue weighted by Crippen LogP contribution is 2.19. The van der Waals surface area contributed by atoms with Gasteiger partial charge in [-0.05, 0) is 37.7 Å². The summed E-state index contributed by atoms with van der Waals surface area (Å²) in [4.78, 5) is 14.3. The van der Waals surface area contributed by atoms with Crippen molar-refractivity contribution in [3.63, 3.8) is 0 Å². The molecule has 0 unspecified atom stereocenters. The Morgan fingerprint density at radius 1 is 1.36 bits per heavy atom. The van der Waals surface area contributed by atoms with Crippen molar-refractivity contribution in [1.82, 2.24) is 20.0 Å². The number of hydrogen-bond acceptors (Lipinski definition) is 3. The van der Waals surface area contributed by atoms with E-state index in [0.29, 0.717) is 12.1 Å². The summed E-state index contributed by atoms with van der Waals surface area (Å²) in [5.41, 5.74) is 2.56. The summed E-state index contributed by atoms with van der Waals surface area (Å²) in [5.74, 6) is 0.00969. The van der Waals surface area contributed by atoms with E-state index >= 15 is 0 Å². The zero-order valence-electron chi connectivity index (χ0n) is 13.1. The SMILES string of the molecule is CCc1c(C(=O)N(C)CCNC)cnn1-c1ccc(Br)cc1. The van der Waals surface area contributed by atoms with E-state index in [0.717, 1.165) is 28.8 Å². The van der Waals surface area contributed by atoms with E-state index in [1.807, 2.05) is 50.0 Å². The predicted molar refractivity (Wildman–Crippen MR) is 91.5 cm³/mol. The molecule has 0 saturated carbocycles. The third kappa shape index (κ3) is 3.56. The van der Waals surface area contributed by atoms with Gasteiger partial charge in [-0.2, -0.15) is 5.10 Å². The number of carbonyl (C=O) groups is 1. The Morgan fingerprint density at radius 2 is 2.05 bits per heavy atom. The fourth-order valence-electron chi connectivity index (χ4n) is 2.28. The Morgan fingerprint density at radius 3 is 2.64 bits per heavy atom. The molecule has 0 spiro atoms.